The maximum atomic E-state index is 6.35. The molecular formula is C17H27NO2Si. The molecule has 4 heteroatoms. The van der Waals surface area contributed by atoms with Gasteiger partial charge in [0, 0.05) is 12.3 Å². The average Bonchev–Trinajstić information content (AvgIpc) is 2.40. The van der Waals surface area contributed by atoms with Gasteiger partial charge in [0.2, 0.25) is 6.29 Å². The molecule has 1 heterocycles. The molecule has 0 saturated heterocycles. The van der Waals surface area contributed by atoms with E-state index >= 15 is 0 Å². The third kappa shape index (κ3) is 3.74. The fraction of sp³-hybridized carbons (Fsp3) is 0.588. The van der Waals surface area contributed by atoms with Crippen molar-refractivity contribution in [3.63, 3.8) is 0 Å². The van der Waals surface area contributed by atoms with Crippen molar-refractivity contribution in [2.24, 2.45) is 11.1 Å². The Morgan fingerprint density at radius 3 is 2.33 bits per heavy atom. The second-order valence-corrected chi connectivity index (χ2v) is 12.2. The van der Waals surface area contributed by atoms with Crippen molar-refractivity contribution in [3.05, 3.63) is 35.9 Å². The Labute approximate surface area is 129 Å². The summed E-state index contributed by atoms with van der Waals surface area (Å²) >= 11 is 0. The molecule has 0 aromatic heterocycles. The first-order valence-corrected chi connectivity index (χ1v) is 10.6. The summed E-state index contributed by atoms with van der Waals surface area (Å²) in [7, 11) is -1.83. The minimum absolute atomic E-state index is 0.180. The van der Waals surface area contributed by atoms with Crippen molar-refractivity contribution in [2.75, 3.05) is 0 Å². The van der Waals surface area contributed by atoms with E-state index in [9.17, 15) is 0 Å². The Morgan fingerprint density at radius 2 is 1.81 bits per heavy atom. The van der Waals surface area contributed by atoms with E-state index < -0.39 is 8.32 Å². The van der Waals surface area contributed by atoms with E-state index in [0.717, 1.165) is 17.7 Å². The molecule has 0 spiro atoms. The first-order chi connectivity index (χ1) is 9.71. The first-order valence-electron chi connectivity index (χ1n) is 7.66. The van der Waals surface area contributed by atoms with Crippen LogP contribution in [0.2, 0.25) is 18.1 Å². The molecule has 0 amide bonds. The van der Waals surface area contributed by atoms with Crippen LogP contribution in [0.3, 0.4) is 0 Å². The minimum atomic E-state index is -1.83. The van der Waals surface area contributed by atoms with Gasteiger partial charge in [-0.2, -0.15) is 0 Å². The number of rotatable bonds is 3. The van der Waals surface area contributed by atoms with Gasteiger partial charge in [0.1, 0.15) is 0 Å². The van der Waals surface area contributed by atoms with E-state index in [2.05, 4.69) is 58.1 Å². The maximum absolute atomic E-state index is 6.35. The summed E-state index contributed by atoms with van der Waals surface area (Å²) in [5.74, 6) is 0.312. The smallest absolute Gasteiger partial charge is 0.220 e. The third-order valence-corrected chi connectivity index (χ3v) is 9.00. The summed E-state index contributed by atoms with van der Waals surface area (Å²) in [4.78, 5) is 5.69. The molecule has 0 bridgehead atoms. The van der Waals surface area contributed by atoms with Gasteiger partial charge in [0.15, 0.2) is 8.32 Å². The molecule has 2 atom stereocenters. The highest BCUT2D eigenvalue weighted by atomic mass is 28.4. The molecule has 0 unspecified atom stereocenters. The molecule has 0 aliphatic carbocycles. The monoisotopic (exact) mass is 305 g/mol. The highest BCUT2D eigenvalue weighted by molar-refractivity contribution is 6.74. The molecule has 1 aliphatic rings. The number of nitrogens with zero attached hydrogens (tertiary/aromatic N) is 1. The number of hydrogen-bond acceptors (Lipinski definition) is 3. The SMILES string of the molecule is C[C@H]1CC(c2ccccc2)=NO[C@H]1O[Si](C)(C)C(C)(C)C. The molecule has 21 heavy (non-hydrogen) atoms. The highest BCUT2D eigenvalue weighted by Crippen LogP contribution is 2.39. The van der Waals surface area contributed by atoms with Crippen molar-refractivity contribution in [1.82, 2.24) is 0 Å². The summed E-state index contributed by atoms with van der Waals surface area (Å²) < 4.78 is 6.35. The van der Waals surface area contributed by atoms with Crippen LogP contribution in [-0.2, 0) is 9.26 Å². The van der Waals surface area contributed by atoms with Crippen LogP contribution < -0.4 is 0 Å². The average molecular weight is 305 g/mol. The predicted molar refractivity (Wildman–Crippen MR) is 89.9 cm³/mol. The molecule has 0 radical (unpaired) electrons. The Morgan fingerprint density at radius 1 is 1.19 bits per heavy atom. The van der Waals surface area contributed by atoms with Crippen molar-refractivity contribution in [1.29, 1.82) is 0 Å². The van der Waals surface area contributed by atoms with E-state index in [-0.39, 0.29) is 11.3 Å². The third-order valence-electron chi connectivity index (χ3n) is 4.57. The molecule has 1 aromatic carbocycles. The molecule has 0 N–H and O–H groups in total. The summed E-state index contributed by atoms with van der Waals surface area (Å²) in [5.41, 5.74) is 2.15. The first kappa shape index (κ1) is 16.2. The number of oxime groups is 1. The lowest BCUT2D eigenvalue weighted by Crippen LogP contribution is -2.47. The van der Waals surface area contributed by atoms with Crippen LogP contribution >= 0.6 is 0 Å². The van der Waals surface area contributed by atoms with Gasteiger partial charge in [-0.15, -0.1) is 0 Å². The fourth-order valence-corrected chi connectivity index (χ4v) is 3.27. The Bertz CT molecular complexity index is 505. The minimum Gasteiger partial charge on any atom is -0.382 e. The largest absolute Gasteiger partial charge is 0.382 e. The van der Waals surface area contributed by atoms with Crippen LogP contribution in [0.4, 0.5) is 0 Å². The quantitative estimate of drug-likeness (QED) is 0.751. The van der Waals surface area contributed by atoms with Crippen molar-refractivity contribution in [3.8, 4) is 0 Å². The van der Waals surface area contributed by atoms with E-state index in [0.29, 0.717) is 5.92 Å². The van der Waals surface area contributed by atoms with Crippen LogP contribution in [-0.4, -0.2) is 20.3 Å². The van der Waals surface area contributed by atoms with Gasteiger partial charge in [0.05, 0.1) is 5.71 Å². The van der Waals surface area contributed by atoms with Gasteiger partial charge in [-0.05, 0) is 23.7 Å². The maximum Gasteiger partial charge on any atom is 0.220 e. The molecular weight excluding hydrogens is 278 g/mol. The molecule has 0 saturated carbocycles. The summed E-state index contributed by atoms with van der Waals surface area (Å²) in [6, 6.07) is 10.2. The normalized spacial score (nSPS) is 23.4. The number of hydrogen-bond donors (Lipinski definition) is 0. The fourth-order valence-electron chi connectivity index (χ4n) is 2.06. The highest BCUT2D eigenvalue weighted by Gasteiger charge is 2.42. The molecule has 3 nitrogen and oxygen atoms in total. The van der Waals surface area contributed by atoms with Gasteiger partial charge in [0.25, 0.3) is 0 Å². The predicted octanol–water partition coefficient (Wildman–Crippen LogP) is 4.80. The molecule has 0 fully saturated rings. The van der Waals surface area contributed by atoms with Gasteiger partial charge in [-0.25, -0.2) is 0 Å². The van der Waals surface area contributed by atoms with Gasteiger partial charge < -0.3 is 9.26 Å². The second kappa shape index (κ2) is 5.93. The summed E-state index contributed by atoms with van der Waals surface area (Å²) in [6.07, 6.45) is 0.668. The Kier molecular flexibility index (Phi) is 4.59. The van der Waals surface area contributed by atoms with Crippen LogP contribution in [0.15, 0.2) is 35.5 Å². The Hall–Kier alpha value is -1.13. The zero-order chi connectivity index (χ0) is 15.7. The topological polar surface area (TPSA) is 30.8 Å². The van der Waals surface area contributed by atoms with Gasteiger partial charge in [-0.1, -0.05) is 63.2 Å². The molecule has 1 aromatic rings. The Balaban J connectivity index is 2.09. The van der Waals surface area contributed by atoms with E-state index in [1.54, 1.807) is 0 Å². The van der Waals surface area contributed by atoms with Crippen LogP contribution in [0.5, 0.6) is 0 Å². The van der Waals surface area contributed by atoms with Gasteiger partial charge >= 0.3 is 0 Å². The van der Waals surface area contributed by atoms with Crippen molar-refractivity contribution < 1.29 is 9.26 Å². The standard InChI is InChI=1S/C17H27NO2Si/c1-13-12-15(14-10-8-7-9-11-14)18-19-16(13)20-21(5,6)17(2,3)4/h7-11,13,16H,12H2,1-6H3/t13-,16-/m0/s1. The lowest BCUT2D eigenvalue weighted by Gasteiger charge is -2.40. The second-order valence-electron chi connectivity index (χ2n) is 7.44. The summed E-state index contributed by atoms with van der Waals surface area (Å²) in [6.45, 7) is 13.4. The zero-order valence-electron chi connectivity index (χ0n) is 14.0. The van der Waals surface area contributed by atoms with Crippen LogP contribution in [0.25, 0.3) is 0 Å². The van der Waals surface area contributed by atoms with Gasteiger partial charge in [-0.3, -0.25) is 0 Å². The molecule has 2 rings (SSSR count). The lowest BCUT2D eigenvalue weighted by atomic mass is 9.98. The number of benzene rings is 1. The van der Waals surface area contributed by atoms with Crippen molar-refractivity contribution >= 4 is 14.0 Å². The van der Waals surface area contributed by atoms with E-state index in [4.69, 9.17) is 9.26 Å². The molecule has 1 aliphatic heterocycles. The van der Waals surface area contributed by atoms with E-state index in [1.165, 1.54) is 0 Å². The summed E-state index contributed by atoms with van der Waals surface area (Å²) in [5, 5.41) is 4.49. The molecule has 116 valence electrons. The lowest BCUT2D eigenvalue weighted by molar-refractivity contribution is -0.125. The van der Waals surface area contributed by atoms with Crippen LogP contribution in [0.1, 0.15) is 39.7 Å². The van der Waals surface area contributed by atoms with Crippen LogP contribution in [0, 0.1) is 5.92 Å². The van der Waals surface area contributed by atoms with Crippen molar-refractivity contribution in [2.45, 2.75) is 58.5 Å². The van der Waals surface area contributed by atoms with E-state index in [1.807, 2.05) is 18.2 Å². The zero-order valence-corrected chi connectivity index (χ0v) is 15.0.